The predicted octanol–water partition coefficient (Wildman–Crippen LogP) is 3.74. The largest absolute Gasteiger partial charge is 0.488 e. The number of hydrogen-bond acceptors (Lipinski definition) is 2. The van der Waals surface area contributed by atoms with Gasteiger partial charge in [-0.2, -0.15) is 0 Å². The molecule has 0 heterocycles. The molecule has 2 nitrogen and oxygen atoms in total. The van der Waals surface area contributed by atoms with Gasteiger partial charge in [-0.15, -0.1) is 0 Å². The first-order valence-electron chi connectivity index (χ1n) is 5.91. The van der Waals surface area contributed by atoms with Gasteiger partial charge in [0, 0.05) is 17.3 Å². The highest BCUT2D eigenvalue weighted by atomic mass is 19.1. The minimum Gasteiger partial charge on any atom is -0.488 e. The van der Waals surface area contributed by atoms with Crippen LogP contribution in [0.5, 0.6) is 5.75 Å². The number of rotatable bonds is 3. The Labute approximate surface area is 110 Å². The lowest BCUT2D eigenvalue weighted by molar-refractivity contribution is 0.297. The van der Waals surface area contributed by atoms with Crippen LogP contribution in [0, 0.1) is 25.5 Å². The van der Waals surface area contributed by atoms with Gasteiger partial charge in [-0.3, -0.25) is 0 Å². The second-order valence-corrected chi connectivity index (χ2v) is 4.50. The standard InChI is InChI=1S/C15H15F2NO/c1-9-5-10(2)15(7-14(9)18)19-8-11-6-12(16)3-4-13(11)17/h3-7H,8,18H2,1-2H3. The number of benzene rings is 2. The Kier molecular flexibility index (Phi) is 3.69. The van der Waals surface area contributed by atoms with E-state index in [2.05, 4.69) is 0 Å². The number of nitrogens with two attached hydrogens (primary N) is 1. The highest BCUT2D eigenvalue weighted by molar-refractivity contribution is 5.54. The van der Waals surface area contributed by atoms with Crippen molar-refractivity contribution < 1.29 is 13.5 Å². The van der Waals surface area contributed by atoms with Gasteiger partial charge >= 0.3 is 0 Å². The van der Waals surface area contributed by atoms with Crippen LogP contribution in [0.15, 0.2) is 30.3 Å². The third-order valence-electron chi connectivity index (χ3n) is 2.95. The van der Waals surface area contributed by atoms with Crippen LogP contribution in [-0.4, -0.2) is 0 Å². The van der Waals surface area contributed by atoms with E-state index in [0.29, 0.717) is 11.4 Å². The molecule has 2 N–H and O–H groups in total. The monoisotopic (exact) mass is 263 g/mol. The molecule has 0 aromatic heterocycles. The van der Waals surface area contributed by atoms with Gasteiger partial charge < -0.3 is 10.5 Å². The zero-order chi connectivity index (χ0) is 14.0. The van der Waals surface area contributed by atoms with Gasteiger partial charge in [0.1, 0.15) is 24.0 Å². The van der Waals surface area contributed by atoms with E-state index < -0.39 is 11.6 Å². The van der Waals surface area contributed by atoms with Crippen LogP contribution in [0.2, 0.25) is 0 Å². The first kappa shape index (κ1) is 13.3. The number of ether oxygens (including phenoxy) is 1. The first-order chi connectivity index (χ1) is 8.97. The van der Waals surface area contributed by atoms with Crippen LogP contribution < -0.4 is 10.5 Å². The number of aryl methyl sites for hydroxylation is 2. The summed E-state index contributed by atoms with van der Waals surface area (Å²) in [4.78, 5) is 0. The molecule has 100 valence electrons. The van der Waals surface area contributed by atoms with Crippen molar-refractivity contribution in [2.75, 3.05) is 5.73 Å². The maximum atomic E-state index is 13.4. The Hall–Kier alpha value is -2.10. The summed E-state index contributed by atoms with van der Waals surface area (Å²) in [6.07, 6.45) is 0. The van der Waals surface area contributed by atoms with Crippen molar-refractivity contribution in [3.8, 4) is 5.75 Å². The molecule has 0 fully saturated rings. The molecule has 2 rings (SSSR count). The number of hydrogen-bond donors (Lipinski definition) is 1. The third kappa shape index (κ3) is 3.02. The second kappa shape index (κ2) is 5.26. The molecule has 0 aliphatic carbocycles. The summed E-state index contributed by atoms with van der Waals surface area (Å²) in [6, 6.07) is 6.88. The van der Waals surface area contributed by atoms with Crippen molar-refractivity contribution in [2.45, 2.75) is 20.5 Å². The zero-order valence-corrected chi connectivity index (χ0v) is 10.8. The fourth-order valence-corrected chi connectivity index (χ4v) is 1.81. The topological polar surface area (TPSA) is 35.2 Å². The smallest absolute Gasteiger partial charge is 0.130 e. The third-order valence-corrected chi connectivity index (χ3v) is 2.95. The highest BCUT2D eigenvalue weighted by Crippen LogP contribution is 2.25. The predicted molar refractivity (Wildman–Crippen MR) is 71.0 cm³/mol. The molecule has 0 atom stereocenters. The number of anilines is 1. The summed E-state index contributed by atoms with van der Waals surface area (Å²) in [6.45, 7) is 3.75. The Morgan fingerprint density at radius 3 is 2.53 bits per heavy atom. The molecule has 19 heavy (non-hydrogen) atoms. The summed E-state index contributed by atoms with van der Waals surface area (Å²) in [5.41, 5.74) is 8.46. The summed E-state index contributed by atoms with van der Waals surface area (Å²) in [7, 11) is 0. The van der Waals surface area contributed by atoms with E-state index in [1.165, 1.54) is 0 Å². The summed E-state index contributed by atoms with van der Waals surface area (Å²) >= 11 is 0. The Bertz CT molecular complexity index is 611. The molecule has 2 aromatic rings. The van der Waals surface area contributed by atoms with Gasteiger partial charge in [-0.1, -0.05) is 6.07 Å². The molecule has 0 saturated heterocycles. The van der Waals surface area contributed by atoms with Gasteiger partial charge in [-0.05, 0) is 43.2 Å². The van der Waals surface area contributed by atoms with E-state index in [0.717, 1.165) is 29.3 Å². The molecule has 2 aromatic carbocycles. The fourth-order valence-electron chi connectivity index (χ4n) is 1.81. The van der Waals surface area contributed by atoms with Crippen molar-refractivity contribution in [2.24, 2.45) is 0 Å². The number of halogens is 2. The van der Waals surface area contributed by atoms with Gasteiger partial charge in [0.25, 0.3) is 0 Å². The van der Waals surface area contributed by atoms with Crippen LogP contribution in [0.3, 0.4) is 0 Å². The van der Waals surface area contributed by atoms with E-state index in [4.69, 9.17) is 10.5 Å². The molecule has 0 spiro atoms. The van der Waals surface area contributed by atoms with Crippen LogP contribution in [0.25, 0.3) is 0 Å². The molecule has 0 bridgehead atoms. The molecule has 0 amide bonds. The number of nitrogen functional groups attached to an aromatic ring is 1. The molecule has 0 aliphatic rings. The maximum Gasteiger partial charge on any atom is 0.130 e. The summed E-state index contributed by atoms with van der Waals surface area (Å²) < 4.78 is 32.0. The van der Waals surface area contributed by atoms with E-state index in [1.807, 2.05) is 19.9 Å². The molecule has 0 unspecified atom stereocenters. The van der Waals surface area contributed by atoms with Gasteiger partial charge in [-0.25, -0.2) is 8.78 Å². The molecule has 0 radical (unpaired) electrons. The van der Waals surface area contributed by atoms with E-state index in [1.54, 1.807) is 6.07 Å². The van der Waals surface area contributed by atoms with Crippen LogP contribution in [-0.2, 0) is 6.61 Å². The highest BCUT2D eigenvalue weighted by Gasteiger charge is 2.07. The second-order valence-electron chi connectivity index (χ2n) is 4.50. The average Bonchev–Trinajstić information content (AvgIpc) is 2.36. The van der Waals surface area contributed by atoms with Gasteiger partial charge in [0.2, 0.25) is 0 Å². The summed E-state index contributed by atoms with van der Waals surface area (Å²) in [5, 5.41) is 0. The zero-order valence-electron chi connectivity index (χ0n) is 10.8. The lowest BCUT2D eigenvalue weighted by atomic mass is 10.1. The Morgan fingerprint density at radius 1 is 1.05 bits per heavy atom. The van der Waals surface area contributed by atoms with Gasteiger partial charge in [0.05, 0.1) is 0 Å². The summed E-state index contributed by atoms with van der Waals surface area (Å²) in [5.74, 6) is -0.397. The van der Waals surface area contributed by atoms with Crippen LogP contribution in [0.1, 0.15) is 16.7 Å². The van der Waals surface area contributed by atoms with Gasteiger partial charge in [0.15, 0.2) is 0 Å². The Morgan fingerprint density at radius 2 is 1.79 bits per heavy atom. The molecule has 0 saturated carbocycles. The van der Waals surface area contributed by atoms with E-state index >= 15 is 0 Å². The maximum absolute atomic E-state index is 13.4. The SMILES string of the molecule is Cc1cc(C)c(OCc2cc(F)ccc2F)cc1N. The fraction of sp³-hybridized carbons (Fsp3) is 0.200. The first-order valence-corrected chi connectivity index (χ1v) is 5.91. The van der Waals surface area contributed by atoms with Crippen molar-refractivity contribution >= 4 is 5.69 Å². The molecule has 0 aliphatic heterocycles. The normalized spacial score (nSPS) is 10.5. The quantitative estimate of drug-likeness (QED) is 0.856. The molecular weight excluding hydrogens is 248 g/mol. The molecule has 4 heteroatoms. The minimum atomic E-state index is -0.487. The molecular formula is C15H15F2NO. The lowest BCUT2D eigenvalue weighted by Gasteiger charge is -2.12. The van der Waals surface area contributed by atoms with Crippen molar-refractivity contribution in [3.63, 3.8) is 0 Å². The Balaban J connectivity index is 2.19. The average molecular weight is 263 g/mol. The van der Waals surface area contributed by atoms with Crippen molar-refractivity contribution in [3.05, 3.63) is 58.7 Å². The van der Waals surface area contributed by atoms with Crippen molar-refractivity contribution in [1.29, 1.82) is 0 Å². The lowest BCUT2D eigenvalue weighted by Crippen LogP contribution is -2.02. The minimum absolute atomic E-state index is 0.0348. The van der Waals surface area contributed by atoms with Crippen LogP contribution in [0.4, 0.5) is 14.5 Å². The van der Waals surface area contributed by atoms with E-state index in [9.17, 15) is 8.78 Å². The van der Waals surface area contributed by atoms with Crippen LogP contribution >= 0.6 is 0 Å². The van der Waals surface area contributed by atoms with E-state index in [-0.39, 0.29) is 12.2 Å². The van der Waals surface area contributed by atoms with Crippen molar-refractivity contribution in [1.82, 2.24) is 0 Å².